The Kier molecular flexibility index (Phi) is 4.43. The fraction of sp³-hybridized carbons (Fsp3) is 0.444. The van der Waals surface area contributed by atoms with Gasteiger partial charge in [-0.05, 0) is 0 Å². The Morgan fingerprint density at radius 2 is 2.17 bits per heavy atom. The smallest absolute Gasteiger partial charge is 0.395 e. The van der Waals surface area contributed by atoms with Crippen molar-refractivity contribution in [2.45, 2.75) is 6.18 Å². The maximum Gasteiger partial charge on any atom is 0.406 e. The second kappa shape index (κ2) is 5.63. The number of aliphatic hydroxyl groups is 1. The van der Waals surface area contributed by atoms with Gasteiger partial charge in [-0.1, -0.05) is 0 Å². The van der Waals surface area contributed by atoms with E-state index in [4.69, 9.17) is 5.11 Å². The van der Waals surface area contributed by atoms with E-state index in [-0.39, 0.29) is 5.69 Å². The number of H-pyrrole nitrogens is 1. The van der Waals surface area contributed by atoms with Gasteiger partial charge in [-0.25, -0.2) is 4.98 Å². The van der Waals surface area contributed by atoms with E-state index in [1.54, 1.807) is 0 Å². The van der Waals surface area contributed by atoms with Crippen LogP contribution in [0.3, 0.4) is 0 Å². The van der Waals surface area contributed by atoms with Crippen molar-refractivity contribution in [1.82, 2.24) is 14.9 Å². The second-order valence-electron chi connectivity index (χ2n) is 3.36. The molecule has 18 heavy (non-hydrogen) atoms. The molecule has 0 saturated carbocycles. The number of nitrogens with one attached hydrogen (secondary N) is 1. The van der Waals surface area contributed by atoms with E-state index in [1.165, 1.54) is 0 Å². The van der Waals surface area contributed by atoms with Crippen molar-refractivity contribution in [2.24, 2.45) is 0 Å². The average molecular weight is 265 g/mol. The first-order chi connectivity index (χ1) is 8.33. The molecular weight excluding hydrogens is 255 g/mol. The molecule has 0 bridgehead atoms. The van der Waals surface area contributed by atoms with E-state index in [0.29, 0.717) is 4.90 Å². The predicted octanol–water partition coefficient (Wildman–Crippen LogP) is -0.233. The normalized spacial score (nSPS) is 11.3. The largest absolute Gasteiger partial charge is 0.406 e. The number of hydrogen-bond acceptors (Lipinski definition) is 4. The minimum absolute atomic E-state index is 0.327. The molecule has 0 aliphatic heterocycles. The van der Waals surface area contributed by atoms with E-state index in [2.05, 4.69) is 9.97 Å². The number of halogens is 3. The van der Waals surface area contributed by atoms with Crippen molar-refractivity contribution >= 4 is 5.91 Å². The Bertz CT molecular complexity index is 452. The zero-order valence-electron chi connectivity index (χ0n) is 9.07. The summed E-state index contributed by atoms with van der Waals surface area (Å²) in [5, 5.41) is 8.63. The van der Waals surface area contributed by atoms with Crippen LogP contribution in [0.4, 0.5) is 13.2 Å². The molecule has 1 aromatic heterocycles. The van der Waals surface area contributed by atoms with E-state index in [1.807, 2.05) is 0 Å². The van der Waals surface area contributed by atoms with Crippen LogP contribution in [0, 0.1) is 0 Å². The van der Waals surface area contributed by atoms with Gasteiger partial charge in [-0.3, -0.25) is 9.59 Å². The van der Waals surface area contributed by atoms with Crippen LogP contribution < -0.4 is 5.56 Å². The molecule has 0 unspecified atom stereocenters. The zero-order chi connectivity index (χ0) is 13.8. The van der Waals surface area contributed by atoms with Crippen molar-refractivity contribution in [3.8, 4) is 0 Å². The minimum atomic E-state index is -4.58. The van der Waals surface area contributed by atoms with Gasteiger partial charge in [0.05, 0.1) is 12.8 Å². The number of aromatic amines is 1. The Balaban J connectivity index is 2.88. The Morgan fingerprint density at radius 3 is 2.61 bits per heavy atom. The number of carbonyl (C=O) groups is 1. The zero-order valence-corrected chi connectivity index (χ0v) is 9.07. The number of nitrogens with zero attached hydrogens (tertiary/aromatic N) is 2. The van der Waals surface area contributed by atoms with Crippen molar-refractivity contribution < 1.29 is 23.1 Å². The number of amides is 1. The highest BCUT2D eigenvalue weighted by molar-refractivity contribution is 5.91. The molecule has 0 spiro atoms. The summed E-state index contributed by atoms with van der Waals surface area (Å²) in [6, 6.07) is 0. The Morgan fingerprint density at radius 1 is 1.50 bits per heavy atom. The van der Waals surface area contributed by atoms with Crippen LogP contribution in [0.25, 0.3) is 0 Å². The first-order valence-corrected chi connectivity index (χ1v) is 4.85. The lowest BCUT2D eigenvalue weighted by molar-refractivity contribution is -0.141. The van der Waals surface area contributed by atoms with E-state index in [9.17, 15) is 22.8 Å². The van der Waals surface area contributed by atoms with Crippen molar-refractivity contribution in [3.05, 3.63) is 28.4 Å². The molecule has 0 fully saturated rings. The lowest BCUT2D eigenvalue weighted by Crippen LogP contribution is -2.41. The molecule has 1 aromatic rings. The van der Waals surface area contributed by atoms with Crippen LogP contribution >= 0.6 is 0 Å². The van der Waals surface area contributed by atoms with E-state index >= 15 is 0 Å². The Labute approximate surface area is 99.1 Å². The van der Waals surface area contributed by atoms with Gasteiger partial charge in [0.15, 0.2) is 0 Å². The van der Waals surface area contributed by atoms with Gasteiger partial charge in [0.1, 0.15) is 12.2 Å². The van der Waals surface area contributed by atoms with Gasteiger partial charge in [-0.15, -0.1) is 0 Å². The third-order valence-electron chi connectivity index (χ3n) is 1.92. The van der Waals surface area contributed by atoms with Crippen LogP contribution in [-0.4, -0.2) is 51.8 Å². The summed E-state index contributed by atoms with van der Waals surface area (Å²) in [4.78, 5) is 28.3. The highest BCUT2D eigenvalue weighted by atomic mass is 19.4. The van der Waals surface area contributed by atoms with Crippen molar-refractivity contribution in [2.75, 3.05) is 19.7 Å². The summed E-state index contributed by atoms with van der Waals surface area (Å²) in [7, 11) is 0. The molecule has 0 atom stereocenters. The summed E-state index contributed by atoms with van der Waals surface area (Å²) in [6.45, 7) is -2.57. The maximum absolute atomic E-state index is 12.2. The molecule has 0 radical (unpaired) electrons. The number of alkyl halides is 3. The first kappa shape index (κ1) is 14.2. The first-order valence-electron chi connectivity index (χ1n) is 4.85. The molecule has 0 aromatic carbocycles. The number of carbonyl (C=O) groups excluding carboxylic acids is 1. The Hall–Kier alpha value is -1.90. The number of hydrogen-bond donors (Lipinski definition) is 2. The van der Waals surface area contributed by atoms with Crippen molar-refractivity contribution in [3.63, 3.8) is 0 Å². The second-order valence-corrected chi connectivity index (χ2v) is 3.36. The maximum atomic E-state index is 12.2. The molecule has 1 amide bonds. The molecule has 0 saturated heterocycles. The van der Waals surface area contributed by atoms with Crippen LogP contribution in [0.1, 0.15) is 10.5 Å². The van der Waals surface area contributed by atoms with Gasteiger partial charge in [0.25, 0.3) is 11.5 Å². The van der Waals surface area contributed by atoms with Crippen LogP contribution in [-0.2, 0) is 0 Å². The summed E-state index contributed by atoms with van der Waals surface area (Å²) >= 11 is 0. The van der Waals surface area contributed by atoms with Crippen LogP contribution in [0.5, 0.6) is 0 Å². The quantitative estimate of drug-likeness (QED) is 0.787. The molecule has 6 nitrogen and oxygen atoms in total. The molecule has 2 N–H and O–H groups in total. The van der Waals surface area contributed by atoms with Gasteiger partial charge in [0.2, 0.25) is 0 Å². The molecule has 100 valence electrons. The highest BCUT2D eigenvalue weighted by Gasteiger charge is 2.33. The summed E-state index contributed by atoms with van der Waals surface area (Å²) in [5.74, 6) is -1.02. The highest BCUT2D eigenvalue weighted by Crippen LogP contribution is 2.17. The molecule has 1 heterocycles. The summed E-state index contributed by atoms with van der Waals surface area (Å²) < 4.78 is 36.6. The molecule has 9 heteroatoms. The SMILES string of the molecule is O=C(c1c[nH]c(=O)cn1)N(CCO)CC(F)(F)F. The third-order valence-corrected chi connectivity index (χ3v) is 1.92. The number of aliphatic hydroxyl groups excluding tert-OH is 1. The van der Waals surface area contributed by atoms with Gasteiger partial charge >= 0.3 is 6.18 Å². The van der Waals surface area contributed by atoms with Gasteiger partial charge < -0.3 is 15.0 Å². The molecule has 0 aliphatic carbocycles. The monoisotopic (exact) mass is 265 g/mol. The van der Waals surface area contributed by atoms with Gasteiger partial charge in [0, 0.05) is 12.7 Å². The van der Waals surface area contributed by atoms with Gasteiger partial charge in [-0.2, -0.15) is 13.2 Å². The average Bonchev–Trinajstić information content (AvgIpc) is 2.27. The standard InChI is InChI=1S/C9H10F3N3O3/c10-9(11,12)5-15(1-2-16)8(18)6-3-14-7(17)4-13-6/h3-4,16H,1-2,5H2,(H,14,17). The van der Waals surface area contributed by atoms with E-state index < -0.39 is 37.3 Å². The third kappa shape index (κ3) is 4.17. The minimum Gasteiger partial charge on any atom is -0.395 e. The topological polar surface area (TPSA) is 86.3 Å². The lowest BCUT2D eigenvalue weighted by atomic mass is 10.3. The summed E-state index contributed by atoms with van der Waals surface area (Å²) in [6.07, 6.45) is -2.86. The number of aromatic nitrogens is 2. The molecule has 0 aliphatic rings. The van der Waals surface area contributed by atoms with Crippen molar-refractivity contribution in [1.29, 1.82) is 0 Å². The fourth-order valence-corrected chi connectivity index (χ4v) is 1.21. The summed E-state index contributed by atoms with van der Waals surface area (Å²) in [5.41, 5.74) is -0.900. The molecular formula is C9H10F3N3O3. The fourth-order valence-electron chi connectivity index (χ4n) is 1.21. The van der Waals surface area contributed by atoms with E-state index in [0.717, 1.165) is 12.4 Å². The van der Waals surface area contributed by atoms with Crippen LogP contribution in [0.2, 0.25) is 0 Å². The predicted molar refractivity (Wildman–Crippen MR) is 53.9 cm³/mol. The molecule has 1 rings (SSSR count). The van der Waals surface area contributed by atoms with Crippen LogP contribution in [0.15, 0.2) is 17.2 Å². The number of rotatable bonds is 4. The lowest BCUT2D eigenvalue weighted by Gasteiger charge is -2.22.